The lowest BCUT2D eigenvalue weighted by Gasteiger charge is -2.37. The van der Waals surface area contributed by atoms with Gasteiger partial charge in [0.15, 0.2) is 0 Å². The van der Waals surface area contributed by atoms with Crippen molar-refractivity contribution in [2.24, 2.45) is 0 Å². The van der Waals surface area contributed by atoms with Gasteiger partial charge >= 0.3 is 0 Å². The summed E-state index contributed by atoms with van der Waals surface area (Å²) in [5.74, 6) is 0.0585. The van der Waals surface area contributed by atoms with Gasteiger partial charge in [0.05, 0.1) is 5.02 Å². The van der Waals surface area contributed by atoms with Crippen molar-refractivity contribution in [2.75, 3.05) is 5.32 Å². The molecule has 0 saturated heterocycles. The topological polar surface area (TPSA) is 51.2 Å². The van der Waals surface area contributed by atoms with Crippen LogP contribution in [0.3, 0.4) is 0 Å². The molecule has 1 amide bonds. The highest BCUT2D eigenvalue weighted by Gasteiger charge is 2.48. The van der Waals surface area contributed by atoms with Gasteiger partial charge in [-0.1, -0.05) is 72.3 Å². The standard InChI is InChI=1S/C19H13ClN2O2/c20-15-11-16-17(21-12-15)24-19(18(23)22-16,13-7-3-1-4-8-13)14-9-5-2-6-10-14/h1-12H,(H,22,23). The highest BCUT2D eigenvalue weighted by atomic mass is 35.5. The molecule has 0 spiro atoms. The molecule has 0 unspecified atom stereocenters. The number of carbonyl (C=O) groups is 1. The van der Waals surface area contributed by atoms with Crippen molar-refractivity contribution >= 4 is 23.2 Å². The number of benzene rings is 2. The molecule has 4 nitrogen and oxygen atoms in total. The lowest BCUT2D eigenvalue weighted by Crippen LogP contribution is -2.49. The predicted molar refractivity (Wildman–Crippen MR) is 92.2 cm³/mol. The van der Waals surface area contributed by atoms with Crippen LogP contribution in [-0.4, -0.2) is 10.9 Å². The predicted octanol–water partition coefficient (Wildman–Crippen LogP) is 4.01. The summed E-state index contributed by atoms with van der Waals surface area (Å²) >= 11 is 5.96. The first-order chi connectivity index (χ1) is 11.7. The van der Waals surface area contributed by atoms with E-state index >= 15 is 0 Å². The van der Waals surface area contributed by atoms with Gasteiger partial charge in [-0.05, 0) is 6.07 Å². The van der Waals surface area contributed by atoms with Gasteiger partial charge in [-0.25, -0.2) is 4.98 Å². The van der Waals surface area contributed by atoms with E-state index in [-0.39, 0.29) is 5.91 Å². The van der Waals surface area contributed by atoms with Gasteiger partial charge in [0.25, 0.3) is 5.91 Å². The summed E-state index contributed by atoms with van der Waals surface area (Å²) < 4.78 is 6.18. The fraction of sp³-hybridized carbons (Fsp3) is 0.0526. The summed E-state index contributed by atoms with van der Waals surface area (Å²) in [5.41, 5.74) is 0.637. The third kappa shape index (κ3) is 2.23. The van der Waals surface area contributed by atoms with Crippen molar-refractivity contribution in [1.29, 1.82) is 0 Å². The van der Waals surface area contributed by atoms with Crippen LogP contribution in [0, 0.1) is 0 Å². The Morgan fingerprint density at radius 1 is 0.958 bits per heavy atom. The quantitative estimate of drug-likeness (QED) is 0.769. The third-order valence-electron chi connectivity index (χ3n) is 4.00. The number of aromatic nitrogens is 1. The number of nitrogens with one attached hydrogen (secondary N) is 1. The van der Waals surface area contributed by atoms with E-state index < -0.39 is 5.60 Å². The zero-order valence-electron chi connectivity index (χ0n) is 12.6. The van der Waals surface area contributed by atoms with Crippen LogP contribution in [0.1, 0.15) is 11.1 Å². The average molecular weight is 337 g/mol. The van der Waals surface area contributed by atoms with Crippen LogP contribution in [0.15, 0.2) is 72.9 Å². The maximum Gasteiger partial charge on any atom is 0.278 e. The Kier molecular flexibility index (Phi) is 3.47. The van der Waals surface area contributed by atoms with E-state index in [1.165, 1.54) is 6.20 Å². The van der Waals surface area contributed by atoms with Crippen LogP contribution >= 0.6 is 11.6 Å². The van der Waals surface area contributed by atoms with Crippen LogP contribution in [0.25, 0.3) is 0 Å². The van der Waals surface area contributed by atoms with E-state index in [1.54, 1.807) is 6.07 Å². The molecule has 4 rings (SSSR count). The van der Waals surface area contributed by atoms with Crippen LogP contribution in [0.5, 0.6) is 5.88 Å². The molecular formula is C19H13ClN2O2. The largest absolute Gasteiger partial charge is 0.449 e. The Morgan fingerprint density at radius 2 is 1.54 bits per heavy atom. The number of fused-ring (bicyclic) bond motifs is 1. The zero-order valence-corrected chi connectivity index (χ0v) is 13.3. The molecule has 1 aromatic heterocycles. The first-order valence-corrected chi connectivity index (χ1v) is 7.85. The highest BCUT2D eigenvalue weighted by Crippen LogP contribution is 2.42. The second kappa shape index (κ2) is 5.65. The minimum atomic E-state index is -1.30. The molecule has 1 aliphatic rings. The molecule has 0 atom stereocenters. The lowest BCUT2D eigenvalue weighted by molar-refractivity contribution is -0.130. The van der Waals surface area contributed by atoms with Crippen molar-refractivity contribution in [3.8, 4) is 5.88 Å². The van der Waals surface area contributed by atoms with Crippen molar-refractivity contribution < 1.29 is 9.53 Å². The minimum absolute atomic E-state index is 0.281. The van der Waals surface area contributed by atoms with Crippen LogP contribution in [0.2, 0.25) is 5.02 Å². The summed E-state index contributed by atoms with van der Waals surface area (Å²) in [6.45, 7) is 0. The Bertz CT molecular complexity index is 858. The molecule has 2 heterocycles. The Hall–Kier alpha value is -2.85. The summed E-state index contributed by atoms with van der Waals surface area (Å²) in [6, 6.07) is 20.4. The van der Waals surface area contributed by atoms with Crippen molar-refractivity contribution in [3.63, 3.8) is 0 Å². The fourth-order valence-corrected chi connectivity index (χ4v) is 3.05. The van der Waals surface area contributed by atoms with Gasteiger partial charge in [-0.15, -0.1) is 0 Å². The lowest BCUT2D eigenvalue weighted by atomic mass is 9.84. The Labute approximate surface area is 144 Å². The molecular weight excluding hydrogens is 324 g/mol. The number of nitrogens with zero attached hydrogens (tertiary/aromatic N) is 1. The molecule has 2 aromatic carbocycles. The second-order valence-corrected chi connectivity index (χ2v) is 5.91. The summed E-state index contributed by atoms with van der Waals surface area (Å²) in [5, 5.41) is 3.31. The third-order valence-corrected chi connectivity index (χ3v) is 4.20. The molecule has 3 aromatic rings. The Balaban J connectivity index is 1.95. The number of ether oxygens (including phenoxy) is 1. The fourth-order valence-electron chi connectivity index (χ4n) is 2.89. The van der Waals surface area contributed by atoms with Crippen molar-refractivity contribution in [1.82, 2.24) is 4.98 Å². The molecule has 0 saturated carbocycles. The number of halogens is 1. The van der Waals surface area contributed by atoms with E-state index in [0.29, 0.717) is 16.6 Å². The normalized spacial score (nSPS) is 15.1. The summed E-state index contributed by atoms with van der Waals surface area (Å²) in [7, 11) is 0. The van der Waals surface area contributed by atoms with E-state index in [9.17, 15) is 4.79 Å². The van der Waals surface area contributed by atoms with Crippen molar-refractivity contribution in [2.45, 2.75) is 5.60 Å². The van der Waals surface area contributed by atoms with Gasteiger partial charge in [-0.3, -0.25) is 4.79 Å². The van der Waals surface area contributed by atoms with Crippen molar-refractivity contribution in [3.05, 3.63) is 89.1 Å². The van der Waals surface area contributed by atoms with E-state index in [1.807, 2.05) is 60.7 Å². The van der Waals surface area contributed by atoms with E-state index in [2.05, 4.69) is 10.3 Å². The zero-order chi connectivity index (χ0) is 16.6. The number of hydrogen-bond acceptors (Lipinski definition) is 3. The van der Waals surface area contributed by atoms with Gasteiger partial charge in [-0.2, -0.15) is 0 Å². The summed E-state index contributed by atoms with van der Waals surface area (Å²) in [6.07, 6.45) is 1.50. The molecule has 118 valence electrons. The minimum Gasteiger partial charge on any atom is -0.449 e. The number of rotatable bonds is 2. The second-order valence-electron chi connectivity index (χ2n) is 5.48. The van der Waals surface area contributed by atoms with Gasteiger partial charge in [0.2, 0.25) is 11.5 Å². The number of hydrogen-bond donors (Lipinski definition) is 1. The maximum atomic E-state index is 13.1. The average Bonchev–Trinajstić information content (AvgIpc) is 2.63. The Morgan fingerprint density at radius 3 is 2.12 bits per heavy atom. The smallest absolute Gasteiger partial charge is 0.278 e. The molecule has 1 aliphatic heterocycles. The number of amides is 1. The monoisotopic (exact) mass is 336 g/mol. The number of anilines is 1. The molecule has 0 fully saturated rings. The molecule has 5 heteroatoms. The van der Waals surface area contributed by atoms with E-state index in [0.717, 1.165) is 11.1 Å². The van der Waals surface area contributed by atoms with Crippen LogP contribution < -0.4 is 10.1 Å². The molecule has 0 aliphatic carbocycles. The molecule has 24 heavy (non-hydrogen) atoms. The number of carbonyl (C=O) groups excluding carboxylic acids is 1. The van der Waals surface area contributed by atoms with Gasteiger partial charge in [0, 0.05) is 17.3 Å². The van der Waals surface area contributed by atoms with Gasteiger partial charge in [0.1, 0.15) is 5.69 Å². The SMILES string of the molecule is O=C1Nc2cc(Cl)cnc2OC1(c1ccccc1)c1ccccc1. The molecule has 0 radical (unpaired) electrons. The molecule has 0 bridgehead atoms. The van der Waals surface area contributed by atoms with Gasteiger partial charge < -0.3 is 10.1 Å². The maximum absolute atomic E-state index is 13.1. The summed E-state index contributed by atoms with van der Waals surface area (Å²) in [4.78, 5) is 17.3. The van der Waals surface area contributed by atoms with Crippen LogP contribution in [-0.2, 0) is 10.4 Å². The first kappa shape index (κ1) is 14.7. The highest BCUT2D eigenvalue weighted by molar-refractivity contribution is 6.30. The van der Waals surface area contributed by atoms with E-state index in [4.69, 9.17) is 16.3 Å². The number of pyridine rings is 1. The first-order valence-electron chi connectivity index (χ1n) is 7.47. The van der Waals surface area contributed by atoms with Crippen LogP contribution in [0.4, 0.5) is 5.69 Å². The molecule has 1 N–H and O–H groups in total.